The van der Waals surface area contributed by atoms with E-state index in [1.807, 2.05) is 54.6 Å². The summed E-state index contributed by atoms with van der Waals surface area (Å²) >= 11 is 0. The predicted octanol–water partition coefficient (Wildman–Crippen LogP) is 5.41. The first kappa shape index (κ1) is 17.0. The van der Waals surface area contributed by atoms with E-state index in [0.29, 0.717) is 6.42 Å². The summed E-state index contributed by atoms with van der Waals surface area (Å²) in [4.78, 5) is 12.7. The fourth-order valence-corrected chi connectivity index (χ4v) is 3.14. The Morgan fingerprint density at radius 3 is 1.88 bits per heavy atom. The van der Waals surface area contributed by atoms with Gasteiger partial charge in [0.1, 0.15) is 0 Å². The van der Waals surface area contributed by atoms with Crippen LogP contribution in [0.1, 0.15) is 36.0 Å². The standard InChI is InChI=1S/C23H23NO/c1-2-18-11-9-10-16-22(18)24-23(25)17-21(19-12-5-3-6-13-19)20-14-7-4-8-15-20/h3-16,21H,2,17H2,1H3,(H,24,25). The maximum atomic E-state index is 12.7. The van der Waals surface area contributed by atoms with Crippen LogP contribution < -0.4 is 5.32 Å². The van der Waals surface area contributed by atoms with Gasteiger partial charge in [-0.2, -0.15) is 0 Å². The van der Waals surface area contributed by atoms with Crippen molar-refractivity contribution in [2.24, 2.45) is 0 Å². The molecule has 0 spiro atoms. The molecule has 0 aromatic heterocycles. The summed E-state index contributed by atoms with van der Waals surface area (Å²) in [6.07, 6.45) is 1.32. The van der Waals surface area contributed by atoms with Crippen molar-refractivity contribution >= 4 is 11.6 Å². The van der Waals surface area contributed by atoms with Gasteiger partial charge in [0.05, 0.1) is 0 Å². The van der Waals surface area contributed by atoms with Crippen molar-refractivity contribution in [3.05, 3.63) is 102 Å². The molecule has 3 aromatic carbocycles. The molecule has 0 saturated carbocycles. The van der Waals surface area contributed by atoms with Crippen LogP contribution in [0.25, 0.3) is 0 Å². The number of anilines is 1. The number of carbonyl (C=O) groups is 1. The quantitative estimate of drug-likeness (QED) is 0.643. The average molecular weight is 329 g/mol. The SMILES string of the molecule is CCc1ccccc1NC(=O)CC(c1ccccc1)c1ccccc1. The first-order chi connectivity index (χ1) is 12.3. The number of hydrogen-bond acceptors (Lipinski definition) is 1. The zero-order valence-electron chi connectivity index (χ0n) is 14.5. The molecule has 1 amide bonds. The largest absolute Gasteiger partial charge is 0.326 e. The summed E-state index contributed by atoms with van der Waals surface area (Å²) < 4.78 is 0. The highest BCUT2D eigenvalue weighted by Crippen LogP contribution is 2.28. The molecule has 0 bridgehead atoms. The van der Waals surface area contributed by atoms with Crippen molar-refractivity contribution in [1.82, 2.24) is 0 Å². The number of nitrogens with one attached hydrogen (secondary N) is 1. The number of para-hydroxylation sites is 1. The van der Waals surface area contributed by atoms with Crippen LogP contribution in [0.4, 0.5) is 5.69 Å². The van der Waals surface area contributed by atoms with Gasteiger partial charge in [0.15, 0.2) is 0 Å². The molecule has 3 aromatic rings. The maximum absolute atomic E-state index is 12.7. The zero-order valence-corrected chi connectivity index (χ0v) is 14.5. The van der Waals surface area contributed by atoms with Crippen LogP contribution in [0.5, 0.6) is 0 Å². The minimum Gasteiger partial charge on any atom is -0.326 e. The Kier molecular flexibility index (Phi) is 5.63. The molecule has 0 heterocycles. The summed E-state index contributed by atoms with van der Waals surface area (Å²) in [5.74, 6) is 0.0924. The molecule has 25 heavy (non-hydrogen) atoms. The lowest BCUT2D eigenvalue weighted by atomic mass is 9.88. The molecule has 0 fully saturated rings. The highest BCUT2D eigenvalue weighted by molar-refractivity contribution is 5.92. The molecule has 0 aliphatic carbocycles. The number of carbonyl (C=O) groups excluding carboxylic acids is 1. The van der Waals surface area contributed by atoms with E-state index in [4.69, 9.17) is 0 Å². The van der Waals surface area contributed by atoms with E-state index in [-0.39, 0.29) is 11.8 Å². The summed E-state index contributed by atoms with van der Waals surface area (Å²) in [6.45, 7) is 2.10. The van der Waals surface area contributed by atoms with Gasteiger partial charge in [0, 0.05) is 18.0 Å². The minimum atomic E-state index is 0.0404. The Hall–Kier alpha value is -2.87. The zero-order chi connectivity index (χ0) is 17.5. The van der Waals surface area contributed by atoms with Crippen molar-refractivity contribution < 1.29 is 4.79 Å². The van der Waals surface area contributed by atoms with Crippen LogP contribution in [0.15, 0.2) is 84.9 Å². The third-order valence-electron chi connectivity index (χ3n) is 4.47. The van der Waals surface area contributed by atoms with E-state index < -0.39 is 0 Å². The highest BCUT2D eigenvalue weighted by Gasteiger charge is 2.18. The van der Waals surface area contributed by atoms with Gasteiger partial charge in [-0.3, -0.25) is 4.79 Å². The van der Waals surface area contributed by atoms with Crippen molar-refractivity contribution in [2.75, 3.05) is 5.32 Å². The summed E-state index contributed by atoms with van der Waals surface area (Å²) in [5, 5.41) is 3.09. The predicted molar refractivity (Wildman–Crippen MR) is 104 cm³/mol. The third kappa shape index (κ3) is 4.36. The molecule has 3 rings (SSSR count). The fourth-order valence-electron chi connectivity index (χ4n) is 3.14. The third-order valence-corrected chi connectivity index (χ3v) is 4.47. The number of aryl methyl sites for hydroxylation is 1. The normalized spacial score (nSPS) is 10.6. The first-order valence-electron chi connectivity index (χ1n) is 8.75. The lowest BCUT2D eigenvalue weighted by Crippen LogP contribution is -2.17. The summed E-state index contributed by atoms with van der Waals surface area (Å²) in [7, 11) is 0. The van der Waals surface area contributed by atoms with Gasteiger partial charge in [-0.1, -0.05) is 85.8 Å². The van der Waals surface area contributed by atoms with Crippen molar-refractivity contribution in [2.45, 2.75) is 25.7 Å². The van der Waals surface area contributed by atoms with Crippen LogP contribution >= 0.6 is 0 Å². The van der Waals surface area contributed by atoms with Gasteiger partial charge in [-0.05, 0) is 29.2 Å². The molecule has 0 radical (unpaired) electrons. The summed E-state index contributed by atoms with van der Waals surface area (Å²) in [6, 6.07) is 28.4. The Labute approximate surface area is 149 Å². The first-order valence-corrected chi connectivity index (χ1v) is 8.75. The molecule has 0 aliphatic rings. The maximum Gasteiger partial charge on any atom is 0.225 e. The number of amides is 1. The minimum absolute atomic E-state index is 0.0404. The molecule has 2 heteroatoms. The van der Waals surface area contributed by atoms with Gasteiger partial charge in [0.2, 0.25) is 5.91 Å². The van der Waals surface area contributed by atoms with Crippen LogP contribution in [0.3, 0.4) is 0 Å². The van der Waals surface area contributed by atoms with Crippen molar-refractivity contribution in [3.8, 4) is 0 Å². The van der Waals surface area contributed by atoms with E-state index in [2.05, 4.69) is 42.6 Å². The number of benzene rings is 3. The number of hydrogen-bond donors (Lipinski definition) is 1. The highest BCUT2D eigenvalue weighted by atomic mass is 16.1. The molecule has 0 atom stereocenters. The average Bonchev–Trinajstić information content (AvgIpc) is 2.68. The van der Waals surface area contributed by atoms with Crippen molar-refractivity contribution in [1.29, 1.82) is 0 Å². The number of rotatable bonds is 6. The van der Waals surface area contributed by atoms with Gasteiger partial charge in [-0.25, -0.2) is 0 Å². The van der Waals surface area contributed by atoms with Crippen LogP contribution in [0.2, 0.25) is 0 Å². The molecule has 1 N–H and O–H groups in total. The molecule has 2 nitrogen and oxygen atoms in total. The fraction of sp³-hybridized carbons (Fsp3) is 0.174. The molecule has 0 saturated heterocycles. The molecule has 0 unspecified atom stereocenters. The van der Waals surface area contributed by atoms with Crippen LogP contribution in [-0.4, -0.2) is 5.91 Å². The second-order valence-corrected chi connectivity index (χ2v) is 6.14. The summed E-state index contributed by atoms with van der Waals surface area (Å²) in [5.41, 5.74) is 4.39. The van der Waals surface area contributed by atoms with Gasteiger partial charge in [0.25, 0.3) is 0 Å². The second-order valence-electron chi connectivity index (χ2n) is 6.14. The van der Waals surface area contributed by atoms with E-state index in [9.17, 15) is 4.79 Å². The van der Waals surface area contributed by atoms with Crippen molar-refractivity contribution in [3.63, 3.8) is 0 Å². The Morgan fingerprint density at radius 1 is 0.800 bits per heavy atom. The van der Waals surface area contributed by atoms with E-state index in [1.165, 1.54) is 0 Å². The van der Waals surface area contributed by atoms with Crippen LogP contribution in [0, 0.1) is 0 Å². The Bertz CT molecular complexity index is 772. The lowest BCUT2D eigenvalue weighted by molar-refractivity contribution is -0.116. The van der Waals surface area contributed by atoms with E-state index in [1.54, 1.807) is 0 Å². The van der Waals surface area contributed by atoms with Gasteiger partial charge >= 0.3 is 0 Å². The van der Waals surface area contributed by atoms with E-state index in [0.717, 1.165) is 28.8 Å². The smallest absolute Gasteiger partial charge is 0.225 e. The second kappa shape index (κ2) is 8.29. The van der Waals surface area contributed by atoms with E-state index >= 15 is 0 Å². The molecule has 0 aliphatic heterocycles. The Balaban J connectivity index is 1.82. The van der Waals surface area contributed by atoms with Crippen LogP contribution in [-0.2, 0) is 11.2 Å². The van der Waals surface area contributed by atoms with Gasteiger partial charge < -0.3 is 5.32 Å². The Morgan fingerprint density at radius 2 is 1.32 bits per heavy atom. The molecular formula is C23H23NO. The topological polar surface area (TPSA) is 29.1 Å². The molecular weight excluding hydrogens is 306 g/mol. The monoisotopic (exact) mass is 329 g/mol. The molecule has 126 valence electrons. The lowest BCUT2D eigenvalue weighted by Gasteiger charge is -2.18. The van der Waals surface area contributed by atoms with Gasteiger partial charge in [-0.15, -0.1) is 0 Å².